The molecule has 1 fully saturated rings. The zero-order valence-corrected chi connectivity index (χ0v) is 18.1. The molecule has 30 heavy (non-hydrogen) atoms. The lowest BCUT2D eigenvalue weighted by molar-refractivity contribution is -0.145. The summed E-state index contributed by atoms with van der Waals surface area (Å²) < 4.78 is 6.63. The van der Waals surface area contributed by atoms with Gasteiger partial charge in [-0.2, -0.15) is 0 Å². The van der Waals surface area contributed by atoms with E-state index in [0.29, 0.717) is 17.4 Å². The quantitative estimate of drug-likeness (QED) is 0.487. The number of carbonyl (C=O) groups is 1. The van der Waals surface area contributed by atoms with Crippen molar-refractivity contribution in [2.24, 2.45) is 0 Å². The zero-order valence-electron chi connectivity index (χ0n) is 16.5. The molecule has 2 aromatic carbocycles. The maximum atomic E-state index is 11.9. The Morgan fingerprint density at radius 1 is 1.10 bits per heavy atom. The predicted octanol–water partition coefficient (Wildman–Crippen LogP) is 6.01. The molecular weight excluding hydrogens is 418 g/mol. The van der Waals surface area contributed by atoms with Crippen LogP contribution in [0.25, 0.3) is 0 Å². The summed E-state index contributed by atoms with van der Waals surface area (Å²) in [6.07, 6.45) is 2.61. The number of rotatable bonds is 7. The number of hydrogen-bond acceptors (Lipinski definition) is 4. The first kappa shape index (κ1) is 20.9. The maximum absolute atomic E-state index is 11.9. The first-order valence-corrected chi connectivity index (χ1v) is 11.3. The Morgan fingerprint density at radius 2 is 1.87 bits per heavy atom. The van der Waals surface area contributed by atoms with Gasteiger partial charge in [-0.25, -0.2) is 0 Å². The van der Waals surface area contributed by atoms with Gasteiger partial charge in [-0.1, -0.05) is 60.5 Å². The van der Waals surface area contributed by atoms with Crippen LogP contribution in [0.3, 0.4) is 0 Å². The van der Waals surface area contributed by atoms with Gasteiger partial charge in [-0.05, 0) is 54.8 Å². The lowest BCUT2D eigenvalue weighted by atomic mass is 9.95. The number of nitrogens with zero attached hydrogens (tertiary/aromatic N) is 1. The van der Waals surface area contributed by atoms with E-state index in [-0.39, 0.29) is 6.04 Å². The summed E-state index contributed by atoms with van der Waals surface area (Å²) in [7, 11) is 0. The van der Waals surface area contributed by atoms with Gasteiger partial charge in [0, 0.05) is 4.88 Å². The molecule has 1 saturated heterocycles. The number of ether oxygens (including phenoxy) is 1. The highest BCUT2D eigenvalue weighted by atomic mass is 35.5. The molecule has 4 nitrogen and oxygen atoms in total. The summed E-state index contributed by atoms with van der Waals surface area (Å²) in [6.45, 7) is 1.26. The van der Waals surface area contributed by atoms with E-state index in [1.807, 2.05) is 66.7 Å². The van der Waals surface area contributed by atoms with Gasteiger partial charge in [0.05, 0.1) is 10.4 Å². The topological polar surface area (TPSA) is 49.8 Å². The van der Waals surface area contributed by atoms with Gasteiger partial charge in [-0.15, -0.1) is 11.3 Å². The molecule has 2 unspecified atom stereocenters. The maximum Gasteiger partial charge on any atom is 0.320 e. The van der Waals surface area contributed by atoms with Crippen LogP contribution in [-0.2, 0) is 11.4 Å². The van der Waals surface area contributed by atoms with Crippen LogP contribution in [0.4, 0.5) is 0 Å². The molecule has 1 aliphatic heterocycles. The van der Waals surface area contributed by atoms with Crippen molar-refractivity contribution in [2.75, 3.05) is 6.54 Å². The van der Waals surface area contributed by atoms with Crippen molar-refractivity contribution in [3.63, 3.8) is 0 Å². The standard InChI is InChI=1S/C24H24ClNO3S/c25-22-14-13-21(30-22)23(26-15-5-4-8-20(26)24(27)28)18-9-11-19(12-10-18)29-16-17-6-2-1-3-7-17/h1-3,6-7,9-14,20,23H,4-5,8,15-16H2,(H,27,28). The van der Waals surface area contributed by atoms with Crippen LogP contribution >= 0.6 is 22.9 Å². The second-order valence-corrected chi connectivity index (χ2v) is 9.22. The highest BCUT2D eigenvalue weighted by Crippen LogP contribution is 2.39. The Labute approximate surface area is 185 Å². The molecule has 0 spiro atoms. The van der Waals surface area contributed by atoms with Crippen LogP contribution < -0.4 is 4.74 Å². The van der Waals surface area contributed by atoms with Gasteiger partial charge in [0.25, 0.3) is 0 Å². The minimum Gasteiger partial charge on any atom is -0.489 e. The van der Waals surface area contributed by atoms with Crippen LogP contribution in [0.5, 0.6) is 5.75 Å². The van der Waals surface area contributed by atoms with E-state index < -0.39 is 12.0 Å². The molecule has 0 saturated carbocycles. The second-order valence-electron chi connectivity index (χ2n) is 7.48. The van der Waals surface area contributed by atoms with Crippen LogP contribution in [0.1, 0.15) is 41.3 Å². The number of carboxylic acid groups (broad SMARTS) is 1. The molecule has 2 atom stereocenters. The van der Waals surface area contributed by atoms with Gasteiger partial charge in [0.1, 0.15) is 18.4 Å². The second kappa shape index (κ2) is 9.65. The molecule has 0 amide bonds. The summed E-state index contributed by atoms with van der Waals surface area (Å²) in [6, 6.07) is 21.3. The van der Waals surface area contributed by atoms with Gasteiger partial charge in [0.15, 0.2) is 0 Å². The van der Waals surface area contributed by atoms with E-state index in [4.69, 9.17) is 16.3 Å². The highest BCUT2D eigenvalue weighted by molar-refractivity contribution is 7.16. The third-order valence-corrected chi connectivity index (χ3v) is 6.75. The molecule has 2 heterocycles. The summed E-state index contributed by atoms with van der Waals surface area (Å²) in [4.78, 5) is 15.1. The van der Waals surface area contributed by atoms with Crippen LogP contribution in [-0.4, -0.2) is 28.6 Å². The molecule has 3 aromatic rings. The number of thiophene rings is 1. The van der Waals surface area contributed by atoms with Crippen molar-refractivity contribution in [1.29, 1.82) is 0 Å². The molecule has 156 valence electrons. The fourth-order valence-electron chi connectivity index (χ4n) is 4.01. The molecular formula is C24H24ClNO3S. The van der Waals surface area contributed by atoms with Crippen molar-refractivity contribution in [3.8, 4) is 5.75 Å². The van der Waals surface area contributed by atoms with Gasteiger partial charge < -0.3 is 9.84 Å². The number of hydrogen-bond donors (Lipinski definition) is 1. The first-order chi connectivity index (χ1) is 14.6. The summed E-state index contributed by atoms with van der Waals surface area (Å²) in [5, 5.41) is 9.79. The fraction of sp³-hybridized carbons (Fsp3) is 0.292. The average Bonchev–Trinajstić information content (AvgIpc) is 3.20. The van der Waals surface area contributed by atoms with E-state index in [9.17, 15) is 9.90 Å². The van der Waals surface area contributed by atoms with Crippen molar-refractivity contribution in [3.05, 3.63) is 87.1 Å². The Morgan fingerprint density at radius 3 is 2.53 bits per heavy atom. The Kier molecular flexibility index (Phi) is 6.72. The molecule has 0 bridgehead atoms. The smallest absolute Gasteiger partial charge is 0.320 e. The van der Waals surface area contributed by atoms with Crippen molar-refractivity contribution in [1.82, 2.24) is 4.90 Å². The SMILES string of the molecule is O=C(O)C1CCCCN1C(c1ccc(OCc2ccccc2)cc1)c1ccc(Cl)s1. The third kappa shape index (κ3) is 4.86. The van der Waals surface area contributed by atoms with Crippen molar-refractivity contribution >= 4 is 28.9 Å². The Bertz CT molecular complexity index is 974. The van der Waals surface area contributed by atoms with E-state index in [2.05, 4.69) is 4.90 Å². The van der Waals surface area contributed by atoms with Crippen LogP contribution in [0.2, 0.25) is 4.34 Å². The molecule has 1 aromatic heterocycles. The Hall–Kier alpha value is -2.34. The monoisotopic (exact) mass is 441 g/mol. The minimum atomic E-state index is -0.759. The van der Waals surface area contributed by atoms with E-state index in [0.717, 1.165) is 41.1 Å². The lowest BCUT2D eigenvalue weighted by Crippen LogP contribution is -2.46. The zero-order chi connectivity index (χ0) is 20.9. The van der Waals surface area contributed by atoms with E-state index in [1.165, 1.54) is 11.3 Å². The first-order valence-electron chi connectivity index (χ1n) is 10.1. The number of carboxylic acids is 1. The van der Waals surface area contributed by atoms with E-state index >= 15 is 0 Å². The van der Waals surface area contributed by atoms with Gasteiger partial charge >= 0.3 is 5.97 Å². The average molecular weight is 442 g/mol. The van der Waals surface area contributed by atoms with E-state index in [1.54, 1.807) is 0 Å². The van der Waals surface area contributed by atoms with Crippen LogP contribution in [0.15, 0.2) is 66.7 Å². The lowest BCUT2D eigenvalue weighted by Gasteiger charge is -2.39. The van der Waals surface area contributed by atoms with Crippen molar-refractivity contribution < 1.29 is 14.6 Å². The number of aliphatic carboxylic acids is 1. The fourth-order valence-corrected chi connectivity index (χ4v) is 5.22. The summed E-state index contributed by atoms with van der Waals surface area (Å²) in [5.41, 5.74) is 2.17. The third-order valence-electron chi connectivity index (χ3n) is 5.47. The van der Waals surface area contributed by atoms with Crippen LogP contribution in [0, 0.1) is 0 Å². The minimum absolute atomic E-state index is 0.132. The number of halogens is 1. The molecule has 4 rings (SSSR count). The molecule has 6 heteroatoms. The molecule has 0 radical (unpaired) electrons. The molecule has 1 N–H and O–H groups in total. The van der Waals surface area contributed by atoms with Gasteiger partial charge in [0.2, 0.25) is 0 Å². The van der Waals surface area contributed by atoms with Gasteiger partial charge in [-0.3, -0.25) is 9.69 Å². The summed E-state index contributed by atoms with van der Waals surface area (Å²) in [5.74, 6) is 0.0316. The molecule has 1 aliphatic rings. The normalized spacial score (nSPS) is 18.1. The highest BCUT2D eigenvalue weighted by Gasteiger charge is 2.35. The number of benzene rings is 2. The van der Waals surface area contributed by atoms with Crippen molar-refractivity contribution in [2.45, 2.75) is 38.0 Å². The number of piperidine rings is 1. The summed E-state index contributed by atoms with van der Waals surface area (Å²) >= 11 is 7.73. The predicted molar refractivity (Wildman–Crippen MR) is 120 cm³/mol. The molecule has 0 aliphatic carbocycles. The number of likely N-dealkylation sites (tertiary alicyclic amines) is 1. The largest absolute Gasteiger partial charge is 0.489 e. The Balaban J connectivity index is 1.58.